The van der Waals surface area contributed by atoms with E-state index in [1.54, 1.807) is 30.4 Å². The van der Waals surface area contributed by atoms with Crippen LogP contribution >= 0.6 is 45.3 Å². The van der Waals surface area contributed by atoms with Crippen molar-refractivity contribution in [3.63, 3.8) is 0 Å². The highest BCUT2D eigenvalue weighted by atomic mass is 32.1. The van der Waals surface area contributed by atoms with E-state index in [0.717, 1.165) is 125 Å². The molecule has 2 aliphatic carbocycles. The Labute approximate surface area is 813 Å². The number of hydrogen-bond acceptors (Lipinski definition) is 28. The number of amides is 8. The van der Waals surface area contributed by atoms with Crippen molar-refractivity contribution in [2.45, 2.75) is 329 Å². The van der Waals surface area contributed by atoms with E-state index in [9.17, 15) is 71.2 Å². The minimum atomic E-state index is -2.96. The summed E-state index contributed by atoms with van der Waals surface area (Å²) < 4.78 is 61.9. The van der Waals surface area contributed by atoms with Gasteiger partial charge in [0.15, 0.2) is 20.0 Å². The van der Waals surface area contributed by atoms with Gasteiger partial charge in [-0.1, -0.05) is 6.92 Å². The van der Waals surface area contributed by atoms with Gasteiger partial charge in [0.1, 0.15) is 46.0 Å². The van der Waals surface area contributed by atoms with E-state index in [4.69, 9.17) is 4.74 Å². The topological polar surface area (TPSA) is 419 Å². The Kier molecular flexibility index (Phi) is 34.4. The van der Waals surface area contributed by atoms with Crippen LogP contribution in [0.25, 0.3) is 41.8 Å². The fraction of sp³-hybridized carbons (Fsp3) is 0.588. The van der Waals surface area contributed by atoms with Crippen LogP contribution in [0.4, 0.5) is 40.8 Å². The molecule has 8 fully saturated rings. The van der Waals surface area contributed by atoms with Gasteiger partial charge in [-0.15, -0.1) is 45.3 Å². The summed E-state index contributed by atoms with van der Waals surface area (Å²) in [6.45, 7) is 32.8. The van der Waals surface area contributed by atoms with Gasteiger partial charge in [0.25, 0.3) is 59.6 Å². The number of nitrogens with zero attached hydrogens (tertiary/aromatic N) is 12. The number of anilines is 4. The molecule has 2 saturated carbocycles. The van der Waals surface area contributed by atoms with Crippen molar-refractivity contribution in [2.75, 3.05) is 60.7 Å². The van der Waals surface area contributed by atoms with Crippen LogP contribution in [0.3, 0.4) is 0 Å². The molecule has 0 radical (unpaired) electrons. The molecular formula is C97H130F4N20O12S4. The second kappa shape index (κ2) is 45.3. The fourth-order valence-electron chi connectivity index (χ4n) is 18.6. The first-order valence-electron chi connectivity index (χ1n) is 47.7. The zero-order valence-electron chi connectivity index (χ0n) is 80.8. The normalized spacial score (nSPS) is 21.4. The second-order valence-corrected chi connectivity index (χ2v) is 43.1. The van der Waals surface area contributed by atoms with Crippen molar-refractivity contribution in [3.8, 4) is 41.8 Å². The molecule has 137 heavy (non-hydrogen) atoms. The van der Waals surface area contributed by atoms with Gasteiger partial charge < -0.3 is 82.2 Å². The number of ether oxygens (including phenoxy) is 1. The first-order valence-corrected chi connectivity index (χ1v) is 51.0. The third kappa shape index (κ3) is 25.8. The molecule has 8 aromatic heterocycles. The van der Waals surface area contributed by atoms with Crippen LogP contribution < -0.4 is 42.5 Å². The quantitative estimate of drug-likeness (QED) is 0.0224. The maximum Gasteiger partial charge on any atom is 0.280 e. The number of hydrogen-bond donors (Lipinski definition) is 11. The SMILES string of the molecule is CC[C@@H](CO)NC(=O)c1nc(C(=O)N2CCC[C@@H]2C)c(-c2cnc(NC(C)C)cc2C)s1.C[C@H]1CCCN1C(=O)c1nc(C(=O)NC2CCOCC2)sc1-c1cnc(NC(C)(C)C)cc1C(F)F.Cc1cc(NC(C)C)ncc1-c1sc(C(=O)N[C@@H]2CC[C@@H](O)C2)nc1C(=O)N1CC(F)(F)C[C@@H]1C.Cc1cc(NC(C)C)ncc1-c1sc(C(=O)N[C@H]2CC[C@H](O)C2)nc1C(=O)N1C2CCC1CC2. The van der Waals surface area contributed by atoms with E-state index in [1.165, 1.54) is 34.9 Å². The molecule has 16 rings (SSSR count). The number of rotatable bonds is 26. The number of nitrogens with one attached hydrogen (secondary N) is 8. The van der Waals surface area contributed by atoms with Crippen LogP contribution in [0.5, 0.6) is 0 Å². The highest BCUT2D eigenvalue weighted by Crippen LogP contribution is 2.45. The number of fused-ring (bicyclic) bond motifs is 2. The van der Waals surface area contributed by atoms with Crippen LogP contribution in [-0.4, -0.2) is 258 Å². The summed E-state index contributed by atoms with van der Waals surface area (Å²) in [4.78, 5) is 150. The largest absolute Gasteiger partial charge is 0.394 e. The van der Waals surface area contributed by atoms with Crippen LogP contribution in [0, 0.1) is 20.8 Å². The molecule has 0 unspecified atom stereocenters. The number of carbonyl (C=O) groups is 8. The number of aromatic nitrogens is 8. The number of aliphatic hydroxyl groups excluding tert-OH is 3. The molecule has 8 aliphatic rings. The molecule has 6 aliphatic heterocycles. The lowest BCUT2D eigenvalue weighted by molar-refractivity contribution is 0.0117. The Bertz CT molecular complexity index is 5640. The maximum absolute atomic E-state index is 14.2. The minimum Gasteiger partial charge on any atom is -0.394 e. The molecule has 8 aromatic rings. The standard InChI is InChI=1S/C25H33F2N5O3S.C25H33N5O3S.C24H31F2N5O3S.C23H33N5O3S/c1-14-6-5-9-32(14)24(34)19-20(36-23(30-19)22(33)29-15-7-10-35-11-8-15)17-13-28-18(31-25(2,3)4)12-16(17)21(26)27;1-13(2)27-20-10-14(3)19(12-26-20)22-21(25(33)30-16-5-6-17(30)8-7-16)29-24(34-22)23(32)28-15-4-9-18(31)11-15;1-12(2)28-18-7-13(3)17(10-27-18)20-19(23(34)31-11-24(25,26)9-14(31)4)30-22(35-20)21(33)29-15-5-6-16(32)8-15;1-6-16(12-29)26-21(30)22-27-19(23(31)28-9-7-8-15(28)5)20(32-22)17-11-24-18(10-14(17)4)25-13(2)3/h12-15,21H,5-11H2,1-4H3,(H,28,31)(H,29,33);10,12-13,15-18,31H,4-9,11H2,1-3H3,(H,26,27)(H,28,32);7,10,12,14-16,32H,5-6,8-9,11H2,1-4H3,(H,27,28)(H,29,33);10-11,13,15-16,29H,6-9,12H2,1-5H3,(H,24,25)(H,26,30)/t14-;15-,16?,17?,18-;14-,15+,16+;15-,16-/m0000/s1. The van der Waals surface area contributed by atoms with Gasteiger partial charge in [-0.05, 0) is 254 Å². The summed E-state index contributed by atoms with van der Waals surface area (Å²) >= 11 is 4.45. The number of aliphatic hydroxyl groups is 3. The van der Waals surface area contributed by atoms with Crippen molar-refractivity contribution in [2.24, 2.45) is 0 Å². The molecule has 2 bridgehead atoms. The third-order valence-electron chi connectivity index (χ3n) is 25.6. The van der Waals surface area contributed by atoms with Crippen LogP contribution in [-0.2, 0) is 4.74 Å². The number of aryl methyl sites for hydroxylation is 3. The molecular weight excluding hydrogens is 1840 g/mol. The van der Waals surface area contributed by atoms with Crippen molar-refractivity contribution in [1.29, 1.82) is 0 Å². The van der Waals surface area contributed by atoms with Crippen molar-refractivity contribution in [1.82, 2.24) is 80.7 Å². The number of thiazole rings is 4. The minimum absolute atomic E-state index is 0.0117. The highest BCUT2D eigenvalue weighted by Gasteiger charge is 2.48. The van der Waals surface area contributed by atoms with Crippen molar-refractivity contribution < 1.29 is 76.0 Å². The van der Waals surface area contributed by atoms with Gasteiger partial charge in [-0.25, -0.2) is 57.4 Å². The Morgan fingerprint density at radius 2 is 0.861 bits per heavy atom. The average Bonchev–Trinajstić information content (AvgIpc) is 1.61. The molecule has 0 spiro atoms. The van der Waals surface area contributed by atoms with E-state index in [1.807, 2.05) is 118 Å². The smallest absolute Gasteiger partial charge is 0.280 e. The number of pyridine rings is 4. The molecule has 742 valence electrons. The zero-order valence-corrected chi connectivity index (χ0v) is 84.0. The zero-order chi connectivity index (χ0) is 98.9. The van der Waals surface area contributed by atoms with E-state index in [0.29, 0.717) is 121 Å². The second-order valence-electron chi connectivity index (χ2n) is 39.1. The lowest BCUT2D eigenvalue weighted by atomic mass is 10.0. The predicted octanol–water partition coefficient (Wildman–Crippen LogP) is 15.9. The molecule has 0 aromatic carbocycles. The Morgan fingerprint density at radius 1 is 0.489 bits per heavy atom. The molecule has 40 heteroatoms. The summed E-state index contributed by atoms with van der Waals surface area (Å²) in [5.41, 5.74) is 5.10. The fourth-order valence-corrected chi connectivity index (χ4v) is 22.7. The lowest BCUT2D eigenvalue weighted by Gasteiger charge is -2.23. The average molecular weight is 1970 g/mol. The van der Waals surface area contributed by atoms with Gasteiger partial charge in [0, 0.05) is 157 Å². The molecule has 6 saturated heterocycles. The molecule has 14 heterocycles. The molecule has 8 amide bonds. The number of halogens is 4. The molecule has 11 N–H and O–H groups in total. The summed E-state index contributed by atoms with van der Waals surface area (Å²) in [5.74, 6) is -3.17. The van der Waals surface area contributed by atoms with Gasteiger partial charge in [-0.2, -0.15) is 0 Å². The molecule has 32 nitrogen and oxygen atoms in total. The van der Waals surface area contributed by atoms with Crippen molar-refractivity contribution >= 4 is 116 Å². The van der Waals surface area contributed by atoms with Gasteiger partial charge in [0.2, 0.25) is 0 Å². The Morgan fingerprint density at radius 3 is 1.20 bits per heavy atom. The number of alkyl halides is 4. The van der Waals surface area contributed by atoms with Gasteiger partial charge in [0.05, 0.1) is 50.9 Å². The van der Waals surface area contributed by atoms with Crippen molar-refractivity contribution in [3.05, 3.63) is 114 Å². The summed E-state index contributed by atoms with van der Waals surface area (Å²) in [6, 6.07) is 7.17. The van der Waals surface area contributed by atoms with E-state index < -0.39 is 55.2 Å². The summed E-state index contributed by atoms with van der Waals surface area (Å²) in [5, 5.41) is 54.2. The highest BCUT2D eigenvalue weighted by molar-refractivity contribution is 7.18. The van der Waals surface area contributed by atoms with E-state index >= 15 is 0 Å². The predicted molar refractivity (Wildman–Crippen MR) is 524 cm³/mol. The summed E-state index contributed by atoms with van der Waals surface area (Å²) in [6.07, 6.45) is 16.0. The third-order valence-corrected chi connectivity index (χ3v) is 29.9. The maximum atomic E-state index is 14.2. The van der Waals surface area contributed by atoms with E-state index in [2.05, 4.69) is 96.3 Å². The van der Waals surface area contributed by atoms with Gasteiger partial charge in [-0.3, -0.25) is 38.4 Å². The van der Waals surface area contributed by atoms with Gasteiger partial charge >= 0.3 is 0 Å². The van der Waals surface area contributed by atoms with E-state index in [-0.39, 0.29) is 162 Å². The number of carbonyl (C=O) groups excluding carboxylic acids is 8. The lowest BCUT2D eigenvalue weighted by Crippen LogP contribution is -2.39. The summed E-state index contributed by atoms with van der Waals surface area (Å²) in [7, 11) is 0. The monoisotopic (exact) mass is 1970 g/mol. The molecule has 8 atom stereocenters. The Balaban J connectivity index is 0.000000154. The first-order chi connectivity index (χ1) is 65.0. The van der Waals surface area contributed by atoms with Crippen LogP contribution in [0.2, 0.25) is 0 Å². The number of likely N-dealkylation sites (tertiary alicyclic amines) is 3. The Hall–Kier alpha value is -10.4. The van der Waals surface area contributed by atoms with Crippen LogP contribution in [0.15, 0.2) is 49.1 Å². The van der Waals surface area contributed by atoms with Crippen LogP contribution in [0.1, 0.15) is 315 Å². The first kappa shape index (κ1) is 104.